The minimum atomic E-state index is -0.771. The third kappa shape index (κ3) is 5.06. The predicted molar refractivity (Wildman–Crippen MR) is 85.9 cm³/mol. The molecule has 134 valence electrons. The SMILES string of the molecule is CC(COc1ccc(F)cc1F)NC(=O)N1CCCCC1CCO. The molecule has 1 saturated heterocycles. The average Bonchev–Trinajstić information content (AvgIpc) is 2.54. The molecule has 5 nitrogen and oxygen atoms in total. The number of carbonyl (C=O) groups is 1. The van der Waals surface area contributed by atoms with E-state index < -0.39 is 11.6 Å². The normalized spacial score (nSPS) is 19.0. The number of likely N-dealkylation sites (tertiary alicyclic amines) is 1. The van der Waals surface area contributed by atoms with Gasteiger partial charge >= 0.3 is 6.03 Å². The highest BCUT2D eigenvalue weighted by atomic mass is 19.1. The minimum Gasteiger partial charge on any atom is -0.488 e. The van der Waals surface area contributed by atoms with Crippen LogP contribution < -0.4 is 10.1 Å². The standard InChI is InChI=1S/C17H24F2N2O3/c1-12(11-24-16-6-5-13(18)10-15(16)19)20-17(23)21-8-3-2-4-14(21)7-9-22/h5-6,10,12,14,22H,2-4,7-9,11H2,1H3,(H,20,23). The van der Waals surface area contributed by atoms with E-state index in [-0.39, 0.29) is 37.1 Å². The van der Waals surface area contributed by atoms with Gasteiger partial charge in [0, 0.05) is 25.3 Å². The van der Waals surface area contributed by atoms with E-state index in [1.807, 2.05) is 0 Å². The Morgan fingerprint density at radius 1 is 1.46 bits per heavy atom. The van der Waals surface area contributed by atoms with Crippen molar-refractivity contribution in [3.63, 3.8) is 0 Å². The van der Waals surface area contributed by atoms with Crippen LogP contribution in [-0.4, -0.2) is 47.9 Å². The van der Waals surface area contributed by atoms with Crippen molar-refractivity contribution in [3.8, 4) is 5.75 Å². The summed E-state index contributed by atoms with van der Waals surface area (Å²) in [6.07, 6.45) is 3.46. The van der Waals surface area contributed by atoms with Crippen LogP contribution in [0.25, 0.3) is 0 Å². The lowest BCUT2D eigenvalue weighted by atomic mass is 10.00. The third-order valence-electron chi connectivity index (χ3n) is 4.10. The molecule has 0 bridgehead atoms. The maximum absolute atomic E-state index is 13.5. The molecule has 2 amide bonds. The third-order valence-corrected chi connectivity index (χ3v) is 4.10. The first-order chi connectivity index (χ1) is 11.5. The number of amides is 2. The molecule has 7 heteroatoms. The number of aliphatic hydroxyl groups is 1. The van der Waals surface area contributed by atoms with Gasteiger partial charge in [-0.2, -0.15) is 0 Å². The molecule has 2 N–H and O–H groups in total. The van der Waals surface area contributed by atoms with Crippen LogP contribution in [0.3, 0.4) is 0 Å². The number of benzene rings is 1. The molecule has 1 fully saturated rings. The summed E-state index contributed by atoms with van der Waals surface area (Å²) in [6.45, 7) is 2.55. The van der Waals surface area contributed by atoms with Gasteiger partial charge < -0.3 is 20.1 Å². The van der Waals surface area contributed by atoms with Crippen molar-refractivity contribution >= 4 is 6.03 Å². The summed E-state index contributed by atoms with van der Waals surface area (Å²) in [5.41, 5.74) is 0. The first-order valence-electron chi connectivity index (χ1n) is 8.27. The Morgan fingerprint density at radius 2 is 2.25 bits per heavy atom. The van der Waals surface area contributed by atoms with E-state index in [0.29, 0.717) is 13.0 Å². The highest BCUT2D eigenvalue weighted by molar-refractivity contribution is 5.75. The minimum absolute atomic E-state index is 0.0476. The molecule has 1 heterocycles. The van der Waals surface area contributed by atoms with Gasteiger partial charge in [0.25, 0.3) is 0 Å². The van der Waals surface area contributed by atoms with E-state index in [0.717, 1.165) is 31.4 Å². The molecular weight excluding hydrogens is 318 g/mol. The first kappa shape index (κ1) is 18.4. The van der Waals surface area contributed by atoms with Gasteiger partial charge in [0.15, 0.2) is 11.6 Å². The van der Waals surface area contributed by atoms with Gasteiger partial charge in [0.2, 0.25) is 0 Å². The lowest BCUT2D eigenvalue weighted by molar-refractivity contribution is 0.127. The molecule has 0 spiro atoms. The van der Waals surface area contributed by atoms with Gasteiger partial charge in [-0.1, -0.05) is 0 Å². The number of halogens is 2. The summed E-state index contributed by atoms with van der Waals surface area (Å²) in [5.74, 6) is -1.48. The quantitative estimate of drug-likeness (QED) is 0.835. The van der Waals surface area contributed by atoms with Crippen LogP contribution >= 0.6 is 0 Å². The number of hydrogen-bond donors (Lipinski definition) is 2. The summed E-state index contributed by atoms with van der Waals surface area (Å²) in [6, 6.07) is 2.61. The van der Waals surface area contributed by atoms with Crippen molar-refractivity contribution in [1.82, 2.24) is 10.2 Å². The number of piperidine rings is 1. The highest BCUT2D eigenvalue weighted by Gasteiger charge is 2.27. The Bertz CT molecular complexity index is 555. The smallest absolute Gasteiger partial charge is 0.317 e. The number of rotatable bonds is 6. The number of ether oxygens (including phenoxy) is 1. The summed E-state index contributed by atoms with van der Waals surface area (Å²) in [5, 5.41) is 11.9. The van der Waals surface area contributed by atoms with Gasteiger partial charge in [-0.15, -0.1) is 0 Å². The molecule has 0 radical (unpaired) electrons. The average molecular weight is 342 g/mol. The molecule has 2 unspecified atom stereocenters. The summed E-state index contributed by atoms with van der Waals surface area (Å²) in [7, 11) is 0. The molecule has 0 aromatic heterocycles. The van der Waals surface area contributed by atoms with E-state index >= 15 is 0 Å². The number of hydrogen-bond acceptors (Lipinski definition) is 3. The van der Waals surface area contributed by atoms with E-state index in [4.69, 9.17) is 9.84 Å². The Hall–Kier alpha value is -1.89. The zero-order chi connectivity index (χ0) is 17.5. The topological polar surface area (TPSA) is 61.8 Å². The number of nitrogens with one attached hydrogen (secondary N) is 1. The van der Waals surface area contributed by atoms with Crippen molar-refractivity contribution in [2.24, 2.45) is 0 Å². The Morgan fingerprint density at radius 3 is 2.96 bits per heavy atom. The molecule has 0 aliphatic carbocycles. The van der Waals surface area contributed by atoms with Crippen LogP contribution in [0.4, 0.5) is 13.6 Å². The Balaban J connectivity index is 1.84. The molecule has 24 heavy (non-hydrogen) atoms. The fraction of sp³-hybridized carbons (Fsp3) is 0.588. The Labute approximate surface area is 140 Å². The fourth-order valence-electron chi connectivity index (χ4n) is 2.86. The van der Waals surface area contributed by atoms with Crippen LogP contribution in [0.15, 0.2) is 18.2 Å². The fourth-order valence-corrected chi connectivity index (χ4v) is 2.86. The second-order valence-electron chi connectivity index (χ2n) is 6.09. The summed E-state index contributed by atoms with van der Waals surface area (Å²) >= 11 is 0. The van der Waals surface area contributed by atoms with Gasteiger partial charge in [-0.05, 0) is 44.7 Å². The molecule has 0 saturated carbocycles. The van der Waals surface area contributed by atoms with Crippen LogP contribution in [-0.2, 0) is 0 Å². The number of aliphatic hydroxyl groups excluding tert-OH is 1. The molecule has 2 rings (SSSR count). The second kappa shape index (κ2) is 8.82. The van der Waals surface area contributed by atoms with Crippen molar-refractivity contribution in [2.75, 3.05) is 19.8 Å². The maximum Gasteiger partial charge on any atom is 0.317 e. The molecule has 1 aliphatic heterocycles. The van der Waals surface area contributed by atoms with Crippen molar-refractivity contribution in [3.05, 3.63) is 29.8 Å². The van der Waals surface area contributed by atoms with E-state index in [1.54, 1.807) is 11.8 Å². The molecular formula is C17H24F2N2O3. The second-order valence-corrected chi connectivity index (χ2v) is 6.09. The maximum atomic E-state index is 13.5. The predicted octanol–water partition coefficient (Wildman–Crippen LogP) is 2.68. The number of carbonyl (C=O) groups excluding carboxylic acids is 1. The monoisotopic (exact) mass is 342 g/mol. The van der Waals surface area contributed by atoms with Gasteiger partial charge in [-0.25, -0.2) is 13.6 Å². The van der Waals surface area contributed by atoms with Crippen LogP contribution in [0.5, 0.6) is 5.75 Å². The molecule has 2 atom stereocenters. The largest absolute Gasteiger partial charge is 0.488 e. The van der Waals surface area contributed by atoms with Crippen molar-refractivity contribution < 1.29 is 23.4 Å². The summed E-state index contributed by atoms with van der Waals surface area (Å²) in [4.78, 5) is 14.1. The zero-order valence-corrected chi connectivity index (χ0v) is 13.8. The molecule has 1 aromatic rings. The van der Waals surface area contributed by atoms with E-state index in [2.05, 4.69) is 5.32 Å². The summed E-state index contributed by atoms with van der Waals surface area (Å²) < 4.78 is 31.7. The highest BCUT2D eigenvalue weighted by Crippen LogP contribution is 2.20. The van der Waals surface area contributed by atoms with Crippen LogP contribution in [0.2, 0.25) is 0 Å². The Kier molecular flexibility index (Phi) is 6.78. The van der Waals surface area contributed by atoms with Crippen LogP contribution in [0.1, 0.15) is 32.6 Å². The lowest BCUT2D eigenvalue weighted by Crippen LogP contribution is -2.51. The van der Waals surface area contributed by atoms with E-state index in [1.165, 1.54) is 6.07 Å². The lowest BCUT2D eigenvalue weighted by Gasteiger charge is -2.36. The van der Waals surface area contributed by atoms with Gasteiger partial charge in [-0.3, -0.25) is 0 Å². The number of urea groups is 1. The van der Waals surface area contributed by atoms with Crippen LogP contribution in [0, 0.1) is 11.6 Å². The number of nitrogens with zero attached hydrogens (tertiary/aromatic N) is 1. The van der Waals surface area contributed by atoms with E-state index in [9.17, 15) is 13.6 Å². The molecule has 1 aromatic carbocycles. The van der Waals surface area contributed by atoms with Crippen molar-refractivity contribution in [2.45, 2.75) is 44.7 Å². The van der Waals surface area contributed by atoms with Gasteiger partial charge in [0.1, 0.15) is 12.4 Å². The van der Waals surface area contributed by atoms with Crippen molar-refractivity contribution in [1.29, 1.82) is 0 Å². The first-order valence-corrected chi connectivity index (χ1v) is 8.27. The molecule has 1 aliphatic rings. The van der Waals surface area contributed by atoms with Gasteiger partial charge in [0.05, 0.1) is 6.04 Å². The zero-order valence-electron chi connectivity index (χ0n) is 13.8.